The van der Waals surface area contributed by atoms with E-state index in [1.54, 1.807) is 19.2 Å². The fourth-order valence-electron chi connectivity index (χ4n) is 2.74. The molecular formula is C17H26FNO2. The Hall–Kier alpha value is -1.13. The Morgan fingerprint density at radius 1 is 1.19 bits per heavy atom. The highest BCUT2D eigenvalue weighted by atomic mass is 19.1. The van der Waals surface area contributed by atoms with Gasteiger partial charge in [-0.1, -0.05) is 12.8 Å². The molecule has 0 atom stereocenters. The van der Waals surface area contributed by atoms with Crippen molar-refractivity contribution in [2.24, 2.45) is 0 Å². The molecule has 0 heterocycles. The third-order valence-corrected chi connectivity index (χ3v) is 3.92. The Morgan fingerprint density at radius 2 is 1.95 bits per heavy atom. The van der Waals surface area contributed by atoms with E-state index in [0.29, 0.717) is 13.2 Å². The summed E-state index contributed by atoms with van der Waals surface area (Å²) in [6, 6.07) is 4.80. The second-order valence-electron chi connectivity index (χ2n) is 5.65. The normalized spacial score (nSPS) is 16.7. The van der Waals surface area contributed by atoms with Crippen LogP contribution in [0.15, 0.2) is 18.2 Å². The SMILES string of the molecule is COCCNCc1cc(F)ccc1OC1CCCCCC1. The van der Waals surface area contributed by atoms with Crippen molar-refractivity contribution in [1.29, 1.82) is 0 Å². The molecule has 4 heteroatoms. The van der Waals surface area contributed by atoms with Crippen molar-refractivity contribution >= 4 is 0 Å². The molecule has 1 aromatic carbocycles. The van der Waals surface area contributed by atoms with Crippen LogP contribution in [0.2, 0.25) is 0 Å². The van der Waals surface area contributed by atoms with Crippen molar-refractivity contribution in [2.45, 2.75) is 51.2 Å². The summed E-state index contributed by atoms with van der Waals surface area (Å²) in [5.74, 6) is 0.597. The number of halogens is 1. The number of hydrogen-bond donors (Lipinski definition) is 1. The lowest BCUT2D eigenvalue weighted by Gasteiger charge is -2.19. The molecule has 0 aromatic heterocycles. The molecular weight excluding hydrogens is 269 g/mol. The summed E-state index contributed by atoms with van der Waals surface area (Å²) in [7, 11) is 1.67. The first kappa shape index (κ1) is 16.2. The molecule has 0 radical (unpaired) electrons. The van der Waals surface area contributed by atoms with Crippen molar-refractivity contribution in [1.82, 2.24) is 5.32 Å². The highest BCUT2D eigenvalue weighted by Gasteiger charge is 2.15. The van der Waals surface area contributed by atoms with Crippen LogP contribution < -0.4 is 10.1 Å². The topological polar surface area (TPSA) is 30.5 Å². The van der Waals surface area contributed by atoms with E-state index in [0.717, 1.165) is 30.7 Å². The van der Waals surface area contributed by atoms with E-state index in [-0.39, 0.29) is 11.9 Å². The lowest BCUT2D eigenvalue weighted by Crippen LogP contribution is -2.21. The van der Waals surface area contributed by atoms with E-state index < -0.39 is 0 Å². The Balaban J connectivity index is 1.96. The molecule has 1 fully saturated rings. The van der Waals surface area contributed by atoms with E-state index >= 15 is 0 Å². The predicted molar refractivity (Wildman–Crippen MR) is 82.1 cm³/mol. The first-order valence-electron chi connectivity index (χ1n) is 7.94. The minimum absolute atomic E-state index is 0.216. The van der Waals surface area contributed by atoms with Gasteiger partial charge in [0, 0.05) is 25.8 Å². The van der Waals surface area contributed by atoms with Gasteiger partial charge < -0.3 is 14.8 Å². The molecule has 1 saturated carbocycles. The van der Waals surface area contributed by atoms with Crippen LogP contribution in [-0.4, -0.2) is 26.4 Å². The van der Waals surface area contributed by atoms with Gasteiger partial charge in [-0.05, 0) is 43.9 Å². The van der Waals surface area contributed by atoms with Gasteiger partial charge in [-0.3, -0.25) is 0 Å². The molecule has 1 N–H and O–H groups in total. The predicted octanol–water partition coefficient (Wildman–Crippen LogP) is 3.66. The van der Waals surface area contributed by atoms with Gasteiger partial charge in [-0.15, -0.1) is 0 Å². The second kappa shape index (κ2) is 9.00. The average molecular weight is 295 g/mol. The molecule has 2 rings (SSSR count). The van der Waals surface area contributed by atoms with Crippen LogP contribution in [0.25, 0.3) is 0 Å². The summed E-state index contributed by atoms with van der Waals surface area (Å²) in [5.41, 5.74) is 0.885. The molecule has 118 valence electrons. The standard InChI is InChI=1S/C17H26FNO2/c1-20-11-10-19-13-14-12-15(18)8-9-17(14)21-16-6-4-2-3-5-7-16/h8-9,12,16,19H,2-7,10-11,13H2,1H3. The molecule has 21 heavy (non-hydrogen) atoms. The van der Waals surface area contributed by atoms with Gasteiger partial charge in [-0.25, -0.2) is 4.39 Å². The molecule has 0 aliphatic heterocycles. The van der Waals surface area contributed by atoms with E-state index in [1.165, 1.54) is 31.7 Å². The molecule has 1 aromatic rings. The quantitative estimate of drug-likeness (QED) is 0.615. The van der Waals surface area contributed by atoms with Gasteiger partial charge in [0.05, 0.1) is 12.7 Å². The number of methoxy groups -OCH3 is 1. The smallest absolute Gasteiger partial charge is 0.124 e. The van der Waals surface area contributed by atoms with Crippen LogP contribution in [0.5, 0.6) is 5.75 Å². The van der Waals surface area contributed by atoms with Gasteiger partial charge in [-0.2, -0.15) is 0 Å². The maximum Gasteiger partial charge on any atom is 0.124 e. The third-order valence-electron chi connectivity index (χ3n) is 3.92. The molecule has 0 saturated heterocycles. The number of ether oxygens (including phenoxy) is 2. The minimum atomic E-state index is -0.216. The fourth-order valence-corrected chi connectivity index (χ4v) is 2.74. The average Bonchev–Trinajstić information content (AvgIpc) is 2.75. The fraction of sp³-hybridized carbons (Fsp3) is 0.647. The number of hydrogen-bond acceptors (Lipinski definition) is 3. The van der Waals surface area contributed by atoms with Crippen LogP contribution >= 0.6 is 0 Å². The summed E-state index contributed by atoms with van der Waals surface area (Å²) < 4.78 is 24.6. The molecule has 0 unspecified atom stereocenters. The third kappa shape index (κ3) is 5.64. The first-order chi connectivity index (χ1) is 10.3. The minimum Gasteiger partial charge on any atom is -0.490 e. The zero-order valence-electron chi connectivity index (χ0n) is 12.9. The van der Waals surface area contributed by atoms with Crippen molar-refractivity contribution in [3.05, 3.63) is 29.6 Å². The van der Waals surface area contributed by atoms with Gasteiger partial charge in [0.25, 0.3) is 0 Å². The zero-order valence-corrected chi connectivity index (χ0v) is 12.9. The largest absolute Gasteiger partial charge is 0.490 e. The van der Waals surface area contributed by atoms with Gasteiger partial charge in [0.1, 0.15) is 11.6 Å². The Labute approximate surface area is 126 Å². The molecule has 0 spiro atoms. The highest BCUT2D eigenvalue weighted by Crippen LogP contribution is 2.26. The highest BCUT2D eigenvalue weighted by molar-refractivity contribution is 5.34. The van der Waals surface area contributed by atoms with Crippen LogP contribution in [0.4, 0.5) is 4.39 Å². The van der Waals surface area contributed by atoms with Crippen LogP contribution in [0.1, 0.15) is 44.1 Å². The molecule has 0 bridgehead atoms. The Kier molecular flexibility index (Phi) is 6.96. The summed E-state index contributed by atoms with van der Waals surface area (Å²) in [5, 5.41) is 3.25. The van der Waals surface area contributed by atoms with Crippen LogP contribution in [0, 0.1) is 5.82 Å². The first-order valence-corrected chi connectivity index (χ1v) is 7.94. The molecule has 1 aliphatic carbocycles. The van der Waals surface area contributed by atoms with Gasteiger partial charge >= 0.3 is 0 Å². The van der Waals surface area contributed by atoms with Crippen molar-refractivity contribution < 1.29 is 13.9 Å². The molecule has 3 nitrogen and oxygen atoms in total. The second-order valence-corrected chi connectivity index (χ2v) is 5.65. The number of nitrogens with one attached hydrogen (secondary N) is 1. The molecule has 1 aliphatic rings. The van der Waals surface area contributed by atoms with E-state index in [2.05, 4.69) is 5.32 Å². The Bertz CT molecular complexity index is 417. The van der Waals surface area contributed by atoms with Crippen molar-refractivity contribution in [2.75, 3.05) is 20.3 Å². The van der Waals surface area contributed by atoms with E-state index in [9.17, 15) is 4.39 Å². The zero-order chi connectivity index (χ0) is 14.9. The molecule has 0 amide bonds. The summed E-state index contributed by atoms with van der Waals surface area (Å²) in [4.78, 5) is 0. The maximum absolute atomic E-state index is 13.5. The lowest BCUT2D eigenvalue weighted by molar-refractivity contribution is 0.180. The van der Waals surface area contributed by atoms with Crippen LogP contribution in [0.3, 0.4) is 0 Å². The van der Waals surface area contributed by atoms with Gasteiger partial charge in [0.2, 0.25) is 0 Å². The van der Waals surface area contributed by atoms with Crippen molar-refractivity contribution in [3.8, 4) is 5.75 Å². The summed E-state index contributed by atoms with van der Waals surface area (Å²) in [6.07, 6.45) is 7.54. The Morgan fingerprint density at radius 3 is 2.67 bits per heavy atom. The number of benzene rings is 1. The van der Waals surface area contributed by atoms with E-state index in [4.69, 9.17) is 9.47 Å². The monoisotopic (exact) mass is 295 g/mol. The van der Waals surface area contributed by atoms with E-state index in [1.807, 2.05) is 0 Å². The summed E-state index contributed by atoms with van der Waals surface area (Å²) >= 11 is 0. The van der Waals surface area contributed by atoms with Gasteiger partial charge in [0.15, 0.2) is 0 Å². The summed E-state index contributed by atoms with van der Waals surface area (Å²) in [6.45, 7) is 1.99. The number of rotatable bonds is 7. The van der Waals surface area contributed by atoms with Crippen molar-refractivity contribution in [3.63, 3.8) is 0 Å². The van der Waals surface area contributed by atoms with Crippen LogP contribution in [-0.2, 0) is 11.3 Å². The maximum atomic E-state index is 13.5. The lowest BCUT2D eigenvalue weighted by atomic mass is 10.1.